The van der Waals surface area contributed by atoms with E-state index in [0.29, 0.717) is 12.4 Å². The van der Waals surface area contributed by atoms with Crippen molar-refractivity contribution in [2.45, 2.75) is 6.54 Å². The molecule has 7 aromatic carbocycles. The summed E-state index contributed by atoms with van der Waals surface area (Å²) in [4.78, 5) is 5.25. The van der Waals surface area contributed by atoms with Crippen molar-refractivity contribution in [3.63, 3.8) is 0 Å². The number of thiophene rings is 1. The van der Waals surface area contributed by atoms with Gasteiger partial charge in [0.15, 0.2) is 0 Å². The quantitative estimate of drug-likeness (QED) is 0.167. The van der Waals surface area contributed by atoms with Crippen molar-refractivity contribution < 1.29 is 4.68 Å². The molecule has 0 fully saturated rings. The number of fused-ring (bicyclic) bond motifs is 7. The monoisotopic (exact) mass is 658 g/mol. The van der Waals surface area contributed by atoms with Crippen LogP contribution >= 0.6 is 11.3 Å². The molecule has 0 aliphatic rings. The van der Waals surface area contributed by atoms with Gasteiger partial charge in [-0.2, -0.15) is 0 Å². The fourth-order valence-electron chi connectivity index (χ4n) is 7.30. The fourth-order valence-corrected chi connectivity index (χ4v) is 8.54. The summed E-state index contributed by atoms with van der Waals surface area (Å²) in [6, 6.07) is 60.3. The Morgan fingerprint density at radius 2 is 1.22 bits per heavy atom. The number of benzene rings is 7. The lowest BCUT2D eigenvalue weighted by Crippen LogP contribution is -2.40. The first-order chi connectivity index (χ1) is 24.8. The molecule has 0 saturated heterocycles. The number of para-hydroxylation sites is 1. The maximum absolute atomic E-state index is 5.25. The summed E-state index contributed by atoms with van der Waals surface area (Å²) < 4.78 is 7.08. The molecule has 0 spiro atoms. The summed E-state index contributed by atoms with van der Waals surface area (Å²) in [5.41, 5.74) is 9.03. The van der Waals surface area contributed by atoms with Crippen LogP contribution in [0.1, 0.15) is 5.56 Å². The first-order valence-electron chi connectivity index (χ1n) is 16.9. The highest BCUT2D eigenvalue weighted by molar-refractivity contribution is 7.26. The highest BCUT2D eigenvalue weighted by atomic mass is 32.1. The lowest BCUT2D eigenvalue weighted by atomic mass is 10.0. The van der Waals surface area contributed by atoms with E-state index in [9.17, 15) is 0 Å². The second kappa shape index (κ2) is 11.7. The third-order valence-corrected chi connectivity index (χ3v) is 10.8. The molecule has 0 N–H and O–H groups in total. The molecule has 0 bridgehead atoms. The summed E-state index contributed by atoms with van der Waals surface area (Å²) in [6.45, 7) is 0.620. The van der Waals surface area contributed by atoms with Crippen molar-refractivity contribution in [3.05, 3.63) is 175 Å². The van der Waals surface area contributed by atoms with Crippen LogP contribution in [0, 0.1) is 0 Å². The van der Waals surface area contributed by atoms with Gasteiger partial charge in [-0.25, -0.2) is 0 Å². The van der Waals surface area contributed by atoms with E-state index in [2.05, 4.69) is 168 Å². The summed E-state index contributed by atoms with van der Waals surface area (Å²) in [5.74, 6) is 1.55. The lowest BCUT2D eigenvalue weighted by Gasteiger charge is -2.11. The van der Waals surface area contributed by atoms with Crippen LogP contribution < -0.4 is 9.78 Å². The van der Waals surface area contributed by atoms with E-state index >= 15 is 0 Å². The van der Waals surface area contributed by atoms with Crippen molar-refractivity contribution in [2.75, 3.05) is 0 Å². The topological polar surface area (TPSA) is 35.8 Å². The molecule has 3 aromatic heterocycles. The van der Waals surface area contributed by atoms with E-state index in [0.717, 1.165) is 28.2 Å². The van der Waals surface area contributed by atoms with E-state index < -0.39 is 0 Å². The molecule has 0 amide bonds. The number of nitrogens with zero attached hydrogens (tertiary/aromatic N) is 4. The predicted molar refractivity (Wildman–Crippen MR) is 207 cm³/mol. The Morgan fingerprint density at radius 1 is 0.540 bits per heavy atom. The minimum atomic E-state index is 0.620. The van der Waals surface area contributed by atoms with Crippen LogP contribution in [0.4, 0.5) is 0 Å². The van der Waals surface area contributed by atoms with Gasteiger partial charge in [-0.3, -0.25) is 9.78 Å². The SMILES string of the molecule is c1ccc(C[n+]2[n-]c(-c3cccc(-n4c5ccccc5c5ccc6c7ccccc7sc6c54)c3)nc2-c2cccc(-c3ccccc3)c2)cc1. The van der Waals surface area contributed by atoms with Crippen LogP contribution in [-0.2, 0) is 6.54 Å². The van der Waals surface area contributed by atoms with Gasteiger partial charge in [-0.15, -0.1) is 11.3 Å². The maximum atomic E-state index is 5.25. The van der Waals surface area contributed by atoms with Gasteiger partial charge in [0.05, 0.1) is 15.7 Å². The standard InChI is InChI=1S/C45H30N4S/c1-3-13-30(14-4-1)29-48-45(34-19-11-17-32(27-34)31-15-5-2-6-16-31)46-44(47-48)33-18-12-20-35(28-33)49-40-23-9-7-21-36(40)38-25-26-39-37-22-8-10-24-41(37)50-43(39)42(38)49/h1-28H,29H2. The van der Waals surface area contributed by atoms with Crippen LogP contribution in [-0.4, -0.2) is 9.55 Å². The van der Waals surface area contributed by atoms with Crippen molar-refractivity contribution in [2.24, 2.45) is 0 Å². The van der Waals surface area contributed by atoms with E-state index in [1.165, 1.54) is 53.1 Å². The second-order valence-electron chi connectivity index (χ2n) is 12.7. The van der Waals surface area contributed by atoms with Gasteiger partial charge in [-0.1, -0.05) is 140 Å². The zero-order chi connectivity index (χ0) is 33.0. The van der Waals surface area contributed by atoms with Gasteiger partial charge in [0.1, 0.15) is 12.4 Å². The molecule has 5 heteroatoms. The minimum absolute atomic E-state index is 0.620. The molecule has 236 valence electrons. The van der Waals surface area contributed by atoms with Crippen LogP contribution in [0.25, 0.3) is 81.6 Å². The van der Waals surface area contributed by atoms with Gasteiger partial charge < -0.3 is 9.55 Å². The molecule has 0 saturated carbocycles. The molecular formula is C45H30N4S. The molecule has 10 rings (SSSR count). The normalized spacial score (nSPS) is 11.7. The average molecular weight is 659 g/mol. The van der Waals surface area contributed by atoms with Crippen molar-refractivity contribution in [1.82, 2.24) is 14.6 Å². The van der Waals surface area contributed by atoms with E-state index in [-0.39, 0.29) is 0 Å². The summed E-state index contributed by atoms with van der Waals surface area (Å²) >= 11 is 1.87. The van der Waals surface area contributed by atoms with Crippen LogP contribution in [0.5, 0.6) is 0 Å². The second-order valence-corrected chi connectivity index (χ2v) is 13.7. The Morgan fingerprint density at radius 3 is 2.10 bits per heavy atom. The molecule has 0 aliphatic heterocycles. The Bertz CT molecular complexity index is 2840. The first kappa shape index (κ1) is 28.7. The van der Waals surface area contributed by atoms with Gasteiger partial charge in [-0.05, 0) is 58.4 Å². The van der Waals surface area contributed by atoms with Crippen LogP contribution in [0.15, 0.2) is 170 Å². The highest BCUT2D eigenvalue weighted by Crippen LogP contribution is 2.43. The Hall–Kier alpha value is -6.30. The Labute approximate surface area is 293 Å². The molecule has 0 unspecified atom stereocenters. The molecule has 0 radical (unpaired) electrons. The highest BCUT2D eigenvalue weighted by Gasteiger charge is 2.18. The Balaban J connectivity index is 1.15. The van der Waals surface area contributed by atoms with Gasteiger partial charge >= 0.3 is 0 Å². The van der Waals surface area contributed by atoms with Crippen LogP contribution in [0.2, 0.25) is 0 Å². The summed E-state index contributed by atoms with van der Waals surface area (Å²) in [7, 11) is 0. The zero-order valence-electron chi connectivity index (χ0n) is 27.1. The third kappa shape index (κ3) is 4.74. The van der Waals surface area contributed by atoms with Crippen LogP contribution in [0.3, 0.4) is 0 Å². The predicted octanol–water partition coefficient (Wildman–Crippen LogP) is 10.8. The van der Waals surface area contributed by atoms with Crippen molar-refractivity contribution >= 4 is 53.3 Å². The zero-order valence-corrected chi connectivity index (χ0v) is 27.9. The van der Waals surface area contributed by atoms with E-state index in [1.807, 2.05) is 22.1 Å². The fraction of sp³-hybridized carbons (Fsp3) is 0.0222. The van der Waals surface area contributed by atoms with E-state index in [4.69, 9.17) is 10.1 Å². The molecular weight excluding hydrogens is 629 g/mol. The van der Waals surface area contributed by atoms with Gasteiger partial charge in [0.2, 0.25) is 0 Å². The van der Waals surface area contributed by atoms with Crippen molar-refractivity contribution in [1.29, 1.82) is 0 Å². The molecule has 4 nitrogen and oxygen atoms in total. The smallest absolute Gasteiger partial charge is 0.126 e. The molecule has 0 atom stereocenters. The molecule has 3 heterocycles. The third-order valence-electron chi connectivity index (χ3n) is 9.62. The Kier molecular flexibility index (Phi) is 6.71. The number of aromatic nitrogens is 4. The summed E-state index contributed by atoms with van der Waals surface area (Å²) in [5, 5.41) is 10.3. The molecule has 0 aliphatic carbocycles. The summed E-state index contributed by atoms with van der Waals surface area (Å²) in [6.07, 6.45) is 0. The number of hydrogen-bond acceptors (Lipinski definition) is 2. The maximum Gasteiger partial charge on any atom is 0.126 e. The lowest BCUT2D eigenvalue weighted by molar-refractivity contribution is -0.737. The minimum Gasteiger partial charge on any atom is -0.397 e. The molecule has 50 heavy (non-hydrogen) atoms. The molecule has 10 aromatic rings. The number of rotatable bonds is 6. The van der Waals surface area contributed by atoms with Gasteiger partial charge in [0.25, 0.3) is 0 Å². The first-order valence-corrected chi connectivity index (χ1v) is 17.7. The van der Waals surface area contributed by atoms with Crippen molar-refractivity contribution in [3.8, 4) is 39.6 Å². The average Bonchev–Trinajstić information content (AvgIpc) is 3.88. The van der Waals surface area contributed by atoms with E-state index in [1.54, 1.807) is 0 Å². The largest absolute Gasteiger partial charge is 0.397 e. The van der Waals surface area contributed by atoms with Gasteiger partial charge in [0, 0.05) is 37.5 Å². The number of hydrogen-bond donors (Lipinski definition) is 0.